The average Bonchev–Trinajstić information content (AvgIpc) is 3.41. The van der Waals surface area contributed by atoms with E-state index in [0.717, 1.165) is 45.9 Å². The highest BCUT2D eigenvalue weighted by Gasteiger charge is 2.27. The van der Waals surface area contributed by atoms with Crippen molar-refractivity contribution in [3.63, 3.8) is 0 Å². The number of carbonyl (C=O) groups excluding carboxylic acids is 1. The summed E-state index contributed by atoms with van der Waals surface area (Å²) < 4.78 is 13.0. The van der Waals surface area contributed by atoms with E-state index in [1.165, 1.54) is 22.7 Å². The first-order valence-corrected chi connectivity index (χ1v) is 11.2. The van der Waals surface area contributed by atoms with Gasteiger partial charge < -0.3 is 9.47 Å². The quantitative estimate of drug-likeness (QED) is 0.540. The molecule has 4 rings (SSSR count). The van der Waals surface area contributed by atoms with E-state index in [9.17, 15) is 4.79 Å². The minimum absolute atomic E-state index is 0.00435. The highest BCUT2D eigenvalue weighted by Crippen LogP contribution is 2.37. The number of fused-ring (bicyclic) bond motifs is 1. The Kier molecular flexibility index (Phi) is 5.87. The number of halogens is 1. The molecule has 3 aromatic rings. The van der Waals surface area contributed by atoms with E-state index >= 15 is 0 Å². The fourth-order valence-electron chi connectivity index (χ4n) is 3.35. The molecule has 148 valence electrons. The van der Waals surface area contributed by atoms with Gasteiger partial charge in [0, 0.05) is 11.5 Å². The maximum absolute atomic E-state index is 13.2. The summed E-state index contributed by atoms with van der Waals surface area (Å²) >= 11 is 8.99. The SMILES string of the molecule is COc1ccc(C)c2sc(N(CC3CCCO3)C(=O)Cc3ccc(Cl)s3)nc12. The van der Waals surface area contributed by atoms with Crippen LogP contribution in [-0.2, 0) is 16.0 Å². The molecule has 3 heterocycles. The lowest BCUT2D eigenvalue weighted by molar-refractivity contribution is -0.118. The van der Waals surface area contributed by atoms with Gasteiger partial charge in [-0.15, -0.1) is 11.3 Å². The van der Waals surface area contributed by atoms with E-state index in [2.05, 4.69) is 0 Å². The van der Waals surface area contributed by atoms with Crippen molar-refractivity contribution in [1.29, 1.82) is 0 Å². The Morgan fingerprint density at radius 3 is 2.89 bits per heavy atom. The van der Waals surface area contributed by atoms with Gasteiger partial charge in [-0.25, -0.2) is 4.98 Å². The van der Waals surface area contributed by atoms with Crippen molar-refractivity contribution in [2.45, 2.75) is 32.3 Å². The number of rotatable bonds is 6. The second-order valence-electron chi connectivity index (χ2n) is 6.78. The lowest BCUT2D eigenvalue weighted by Gasteiger charge is -2.22. The van der Waals surface area contributed by atoms with Gasteiger partial charge in [-0.05, 0) is 43.5 Å². The number of aryl methyl sites for hydroxylation is 1. The van der Waals surface area contributed by atoms with Crippen molar-refractivity contribution in [3.05, 3.63) is 39.0 Å². The predicted molar refractivity (Wildman–Crippen MR) is 115 cm³/mol. The van der Waals surface area contributed by atoms with Gasteiger partial charge in [0.1, 0.15) is 11.3 Å². The summed E-state index contributed by atoms with van der Waals surface area (Å²) in [6.07, 6.45) is 2.34. The van der Waals surface area contributed by atoms with Crippen LogP contribution in [0.15, 0.2) is 24.3 Å². The molecule has 28 heavy (non-hydrogen) atoms. The number of aromatic nitrogens is 1. The van der Waals surface area contributed by atoms with Crippen molar-refractivity contribution in [2.24, 2.45) is 0 Å². The van der Waals surface area contributed by atoms with Crippen molar-refractivity contribution in [2.75, 3.05) is 25.2 Å². The summed E-state index contributed by atoms with van der Waals surface area (Å²) in [6, 6.07) is 7.66. The number of carbonyl (C=O) groups is 1. The summed E-state index contributed by atoms with van der Waals surface area (Å²) in [5.41, 5.74) is 1.92. The zero-order valence-corrected chi connectivity index (χ0v) is 18.1. The Morgan fingerprint density at radius 1 is 1.36 bits per heavy atom. The van der Waals surface area contributed by atoms with Crippen LogP contribution in [0.4, 0.5) is 5.13 Å². The van der Waals surface area contributed by atoms with Gasteiger partial charge >= 0.3 is 0 Å². The lowest BCUT2D eigenvalue weighted by atomic mass is 10.2. The van der Waals surface area contributed by atoms with E-state index in [1.807, 2.05) is 31.2 Å². The Hall–Kier alpha value is -1.67. The number of anilines is 1. The highest BCUT2D eigenvalue weighted by atomic mass is 35.5. The largest absolute Gasteiger partial charge is 0.494 e. The molecule has 0 aliphatic carbocycles. The third-order valence-electron chi connectivity index (χ3n) is 4.81. The monoisotopic (exact) mass is 436 g/mol. The Labute approximate surface area is 176 Å². The summed E-state index contributed by atoms with van der Waals surface area (Å²) in [4.78, 5) is 20.7. The molecular weight excluding hydrogens is 416 g/mol. The molecule has 1 aliphatic heterocycles. The third kappa shape index (κ3) is 4.03. The summed E-state index contributed by atoms with van der Waals surface area (Å²) in [6.45, 7) is 3.31. The van der Waals surface area contributed by atoms with E-state index in [-0.39, 0.29) is 12.0 Å². The first-order chi connectivity index (χ1) is 13.5. The summed E-state index contributed by atoms with van der Waals surface area (Å²) in [5.74, 6) is 0.724. The Bertz CT molecular complexity index is 995. The van der Waals surface area contributed by atoms with Crippen molar-refractivity contribution in [1.82, 2.24) is 4.98 Å². The maximum Gasteiger partial charge on any atom is 0.234 e. The van der Waals surface area contributed by atoms with Crippen LogP contribution >= 0.6 is 34.3 Å². The molecule has 8 heteroatoms. The fraction of sp³-hybridized carbons (Fsp3) is 0.400. The number of ether oxygens (including phenoxy) is 2. The average molecular weight is 437 g/mol. The topological polar surface area (TPSA) is 51.7 Å². The minimum Gasteiger partial charge on any atom is -0.494 e. The van der Waals surface area contributed by atoms with Crippen molar-refractivity contribution >= 4 is 55.5 Å². The number of thiophene rings is 1. The molecule has 1 saturated heterocycles. The molecule has 0 radical (unpaired) electrons. The number of benzene rings is 1. The lowest BCUT2D eigenvalue weighted by Crippen LogP contribution is -2.38. The van der Waals surface area contributed by atoms with Gasteiger partial charge in [0.15, 0.2) is 5.13 Å². The number of hydrogen-bond acceptors (Lipinski definition) is 6. The third-order valence-corrected chi connectivity index (χ3v) is 7.25. The molecule has 0 saturated carbocycles. The van der Waals surface area contributed by atoms with Gasteiger partial charge in [-0.1, -0.05) is 29.0 Å². The molecule has 2 aromatic heterocycles. The molecule has 1 atom stereocenters. The molecule has 0 N–H and O–H groups in total. The van der Waals surface area contributed by atoms with Gasteiger partial charge in [0.25, 0.3) is 0 Å². The molecule has 1 aliphatic rings. The van der Waals surface area contributed by atoms with Crippen LogP contribution in [0.2, 0.25) is 4.34 Å². The molecule has 1 amide bonds. The van der Waals surface area contributed by atoms with Crippen LogP contribution in [0.25, 0.3) is 10.2 Å². The van der Waals surface area contributed by atoms with Crippen molar-refractivity contribution in [3.8, 4) is 5.75 Å². The van der Waals surface area contributed by atoms with Gasteiger partial charge in [0.2, 0.25) is 5.91 Å². The number of methoxy groups -OCH3 is 1. The second kappa shape index (κ2) is 8.37. The van der Waals surface area contributed by atoms with Gasteiger partial charge in [0.05, 0.1) is 35.2 Å². The highest BCUT2D eigenvalue weighted by molar-refractivity contribution is 7.22. The predicted octanol–water partition coefficient (Wildman–Crippen LogP) is 5.08. The second-order valence-corrected chi connectivity index (χ2v) is 9.56. The van der Waals surface area contributed by atoms with Crippen LogP contribution in [0.3, 0.4) is 0 Å². The Morgan fingerprint density at radius 2 is 2.21 bits per heavy atom. The Balaban J connectivity index is 1.68. The summed E-state index contributed by atoms with van der Waals surface area (Å²) in [7, 11) is 1.64. The van der Waals surface area contributed by atoms with E-state index < -0.39 is 0 Å². The molecule has 1 aromatic carbocycles. The standard InChI is InChI=1S/C20H21ClN2O3S2/c1-12-5-7-15(25-2)18-19(12)28-20(22-18)23(11-13-4-3-9-26-13)17(24)10-14-6-8-16(21)27-14/h5-8,13H,3-4,9-11H2,1-2H3. The van der Waals surface area contributed by atoms with Crippen LogP contribution in [-0.4, -0.2) is 37.3 Å². The molecule has 5 nitrogen and oxygen atoms in total. The zero-order chi connectivity index (χ0) is 19.7. The normalized spacial score (nSPS) is 16.6. The minimum atomic E-state index is 0.00435. The number of amides is 1. The van der Waals surface area contributed by atoms with E-state index in [4.69, 9.17) is 26.1 Å². The number of hydrogen-bond donors (Lipinski definition) is 0. The van der Waals surface area contributed by atoms with E-state index in [1.54, 1.807) is 12.0 Å². The first kappa shape index (κ1) is 19.6. The fourth-order valence-corrected chi connectivity index (χ4v) is 5.50. The van der Waals surface area contributed by atoms with Gasteiger partial charge in [-0.2, -0.15) is 0 Å². The number of nitrogens with zero attached hydrogens (tertiary/aromatic N) is 2. The first-order valence-electron chi connectivity index (χ1n) is 9.15. The number of thiazole rings is 1. The molecule has 1 unspecified atom stereocenters. The smallest absolute Gasteiger partial charge is 0.234 e. The van der Waals surface area contributed by atoms with Crippen molar-refractivity contribution < 1.29 is 14.3 Å². The molecular formula is C20H21ClN2O3S2. The van der Waals surface area contributed by atoms with Crippen LogP contribution in [0.1, 0.15) is 23.3 Å². The summed E-state index contributed by atoms with van der Waals surface area (Å²) in [5, 5.41) is 0.686. The zero-order valence-electron chi connectivity index (χ0n) is 15.7. The van der Waals surface area contributed by atoms with Gasteiger partial charge in [-0.3, -0.25) is 9.69 Å². The van der Waals surface area contributed by atoms with Crippen LogP contribution in [0, 0.1) is 6.92 Å². The van der Waals surface area contributed by atoms with Crippen LogP contribution in [0.5, 0.6) is 5.75 Å². The molecule has 0 bridgehead atoms. The molecule has 0 spiro atoms. The molecule has 1 fully saturated rings. The van der Waals surface area contributed by atoms with E-state index in [0.29, 0.717) is 22.4 Å². The van der Waals surface area contributed by atoms with Crippen LogP contribution < -0.4 is 9.64 Å². The maximum atomic E-state index is 13.2.